The van der Waals surface area contributed by atoms with Crippen molar-refractivity contribution in [1.82, 2.24) is 9.80 Å². The number of nitrogens with zero attached hydrogens (tertiary/aromatic N) is 2. The van der Waals surface area contributed by atoms with Gasteiger partial charge >= 0.3 is 5.97 Å². The van der Waals surface area contributed by atoms with Gasteiger partial charge in [-0.2, -0.15) is 0 Å². The van der Waals surface area contributed by atoms with Crippen LogP contribution in [0.2, 0.25) is 0 Å². The number of carboxylic acids is 1. The molecule has 0 aliphatic carbocycles. The minimum absolute atomic E-state index is 0.0198. The standard InChI is InChI=1S/C9H12N2O4S/c12-7(3-11-5-16-4-8(11)13)10-1-6(2-10)9(14)15/h6H,1-5H2,(H,14,15). The second-order valence-corrected chi connectivity index (χ2v) is 4.86. The van der Waals surface area contributed by atoms with Crippen LogP contribution in [-0.2, 0) is 14.4 Å². The molecule has 0 spiro atoms. The minimum atomic E-state index is -0.864. The molecule has 16 heavy (non-hydrogen) atoms. The summed E-state index contributed by atoms with van der Waals surface area (Å²) in [4.78, 5) is 36.4. The smallest absolute Gasteiger partial charge is 0.310 e. The highest BCUT2D eigenvalue weighted by Gasteiger charge is 2.36. The van der Waals surface area contributed by atoms with Gasteiger partial charge in [-0.1, -0.05) is 0 Å². The van der Waals surface area contributed by atoms with E-state index in [4.69, 9.17) is 5.11 Å². The summed E-state index contributed by atoms with van der Waals surface area (Å²) in [5.41, 5.74) is 0. The van der Waals surface area contributed by atoms with E-state index in [1.807, 2.05) is 0 Å². The summed E-state index contributed by atoms with van der Waals surface area (Å²) in [5, 5.41) is 8.65. The van der Waals surface area contributed by atoms with Gasteiger partial charge in [-0.3, -0.25) is 14.4 Å². The first kappa shape index (κ1) is 11.3. The Kier molecular flexibility index (Phi) is 3.04. The van der Waals surface area contributed by atoms with Crippen molar-refractivity contribution in [2.45, 2.75) is 0 Å². The van der Waals surface area contributed by atoms with Crippen LogP contribution < -0.4 is 0 Å². The molecule has 0 atom stereocenters. The molecule has 2 amide bonds. The molecule has 2 saturated heterocycles. The third-order valence-corrected chi connectivity index (χ3v) is 3.68. The van der Waals surface area contributed by atoms with E-state index in [1.165, 1.54) is 21.6 Å². The van der Waals surface area contributed by atoms with Gasteiger partial charge in [0.1, 0.15) is 6.54 Å². The van der Waals surface area contributed by atoms with Gasteiger partial charge in [0.05, 0.1) is 17.5 Å². The van der Waals surface area contributed by atoms with Crippen LogP contribution in [0.1, 0.15) is 0 Å². The Morgan fingerprint density at radius 1 is 1.44 bits per heavy atom. The fraction of sp³-hybridized carbons (Fsp3) is 0.667. The summed E-state index contributed by atoms with van der Waals surface area (Å²) in [7, 11) is 0. The molecule has 0 radical (unpaired) electrons. The quantitative estimate of drug-likeness (QED) is 0.693. The van der Waals surface area contributed by atoms with Crippen molar-refractivity contribution in [2.24, 2.45) is 5.92 Å². The van der Waals surface area contributed by atoms with Crippen LogP contribution in [0.3, 0.4) is 0 Å². The minimum Gasteiger partial charge on any atom is -0.481 e. The highest BCUT2D eigenvalue weighted by Crippen LogP contribution is 2.18. The van der Waals surface area contributed by atoms with Crippen LogP contribution in [0.4, 0.5) is 0 Å². The number of hydrogen-bond acceptors (Lipinski definition) is 4. The maximum Gasteiger partial charge on any atom is 0.310 e. The van der Waals surface area contributed by atoms with Crippen LogP contribution in [0.5, 0.6) is 0 Å². The van der Waals surface area contributed by atoms with Crippen molar-refractivity contribution in [2.75, 3.05) is 31.3 Å². The average molecular weight is 244 g/mol. The van der Waals surface area contributed by atoms with Gasteiger partial charge in [0.2, 0.25) is 11.8 Å². The van der Waals surface area contributed by atoms with E-state index < -0.39 is 11.9 Å². The number of aliphatic carboxylic acids is 1. The molecule has 2 fully saturated rings. The summed E-state index contributed by atoms with van der Waals surface area (Å²) in [5.74, 6) is -0.488. The van der Waals surface area contributed by atoms with Crippen LogP contribution in [0.25, 0.3) is 0 Å². The molecule has 2 rings (SSSR count). The lowest BCUT2D eigenvalue weighted by Crippen LogP contribution is -2.55. The predicted octanol–water partition coefficient (Wildman–Crippen LogP) is -0.938. The van der Waals surface area contributed by atoms with Crippen LogP contribution >= 0.6 is 11.8 Å². The summed E-state index contributed by atoms with van der Waals surface area (Å²) >= 11 is 1.49. The molecule has 6 nitrogen and oxygen atoms in total. The normalized spacial score (nSPS) is 21.1. The largest absolute Gasteiger partial charge is 0.481 e. The summed E-state index contributed by atoms with van der Waals surface area (Å²) in [6.45, 7) is 0.616. The average Bonchev–Trinajstić information content (AvgIpc) is 2.48. The topological polar surface area (TPSA) is 77.9 Å². The first-order chi connectivity index (χ1) is 7.58. The lowest BCUT2D eigenvalue weighted by Gasteiger charge is -2.37. The van der Waals surface area contributed by atoms with Gasteiger partial charge in [-0.15, -0.1) is 11.8 Å². The SMILES string of the molecule is O=C(O)C1CN(C(=O)CN2CSCC2=O)C1. The molecule has 2 heterocycles. The second-order valence-electron chi connectivity index (χ2n) is 3.90. The number of hydrogen-bond donors (Lipinski definition) is 1. The van der Waals surface area contributed by atoms with Gasteiger partial charge in [0.25, 0.3) is 0 Å². The number of thioether (sulfide) groups is 1. The fourth-order valence-corrected chi connectivity index (χ4v) is 2.55. The zero-order valence-corrected chi connectivity index (χ0v) is 9.40. The first-order valence-electron chi connectivity index (χ1n) is 4.94. The molecule has 0 aromatic heterocycles. The Labute approximate surface area is 96.6 Å². The maximum atomic E-state index is 11.6. The summed E-state index contributed by atoms with van der Waals surface area (Å²) in [6, 6.07) is 0. The van der Waals surface area contributed by atoms with Gasteiger partial charge in [0, 0.05) is 13.1 Å². The number of likely N-dealkylation sites (tertiary alicyclic amines) is 1. The molecule has 2 aliphatic rings. The highest BCUT2D eigenvalue weighted by atomic mass is 32.2. The summed E-state index contributed by atoms with van der Waals surface area (Å²) < 4.78 is 0. The van der Waals surface area contributed by atoms with E-state index >= 15 is 0 Å². The van der Waals surface area contributed by atoms with Crippen molar-refractivity contribution in [3.8, 4) is 0 Å². The van der Waals surface area contributed by atoms with Crippen molar-refractivity contribution in [3.63, 3.8) is 0 Å². The van der Waals surface area contributed by atoms with Crippen molar-refractivity contribution >= 4 is 29.5 Å². The fourth-order valence-electron chi connectivity index (χ4n) is 1.64. The first-order valence-corrected chi connectivity index (χ1v) is 6.09. The van der Waals surface area contributed by atoms with Gasteiger partial charge in [0.15, 0.2) is 0 Å². The van der Waals surface area contributed by atoms with E-state index in [0.29, 0.717) is 11.6 Å². The number of carbonyl (C=O) groups is 3. The Hall–Kier alpha value is -1.24. The molecule has 1 N–H and O–H groups in total. The Morgan fingerprint density at radius 3 is 2.62 bits per heavy atom. The van der Waals surface area contributed by atoms with E-state index in [-0.39, 0.29) is 31.4 Å². The predicted molar refractivity (Wildman–Crippen MR) is 56.7 cm³/mol. The maximum absolute atomic E-state index is 11.6. The number of amides is 2. The third kappa shape index (κ3) is 2.13. The molecule has 2 aliphatic heterocycles. The van der Waals surface area contributed by atoms with E-state index in [2.05, 4.69) is 0 Å². The van der Waals surface area contributed by atoms with E-state index in [9.17, 15) is 14.4 Å². The molecule has 0 aromatic rings. The van der Waals surface area contributed by atoms with Gasteiger partial charge in [-0.05, 0) is 0 Å². The molecule has 0 bridgehead atoms. The molecular weight excluding hydrogens is 232 g/mol. The lowest BCUT2D eigenvalue weighted by atomic mass is 10.0. The molecule has 0 unspecified atom stereocenters. The van der Waals surface area contributed by atoms with Crippen LogP contribution in [0.15, 0.2) is 0 Å². The Morgan fingerprint density at radius 2 is 2.12 bits per heavy atom. The lowest BCUT2D eigenvalue weighted by molar-refractivity contribution is -0.154. The Balaban J connectivity index is 1.77. The zero-order valence-electron chi connectivity index (χ0n) is 8.59. The third-order valence-electron chi connectivity index (χ3n) is 2.73. The number of carboxylic acid groups (broad SMARTS) is 1. The molecule has 88 valence electrons. The van der Waals surface area contributed by atoms with Gasteiger partial charge < -0.3 is 14.9 Å². The monoisotopic (exact) mass is 244 g/mol. The molecular formula is C9H12N2O4S. The van der Waals surface area contributed by atoms with E-state index in [1.54, 1.807) is 0 Å². The molecule has 0 saturated carbocycles. The summed E-state index contributed by atoms with van der Waals surface area (Å²) in [6.07, 6.45) is 0. The zero-order chi connectivity index (χ0) is 11.7. The van der Waals surface area contributed by atoms with Crippen LogP contribution in [0, 0.1) is 5.92 Å². The molecule has 7 heteroatoms. The van der Waals surface area contributed by atoms with E-state index in [0.717, 1.165) is 0 Å². The van der Waals surface area contributed by atoms with Crippen molar-refractivity contribution in [3.05, 3.63) is 0 Å². The molecule has 0 aromatic carbocycles. The van der Waals surface area contributed by atoms with Crippen LogP contribution in [-0.4, -0.2) is 64.0 Å². The highest BCUT2D eigenvalue weighted by molar-refractivity contribution is 8.00. The van der Waals surface area contributed by atoms with Gasteiger partial charge in [-0.25, -0.2) is 0 Å². The number of carbonyl (C=O) groups excluding carboxylic acids is 2. The Bertz CT molecular complexity index is 340. The second kappa shape index (κ2) is 4.32. The number of rotatable bonds is 3. The van der Waals surface area contributed by atoms with Crippen molar-refractivity contribution < 1.29 is 19.5 Å². The van der Waals surface area contributed by atoms with Crippen molar-refractivity contribution in [1.29, 1.82) is 0 Å².